The zero-order chi connectivity index (χ0) is 22.7. The van der Waals surface area contributed by atoms with Crippen molar-refractivity contribution < 1.29 is 9.53 Å². The molecule has 0 unspecified atom stereocenters. The summed E-state index contributed by atoms with van der Waals surface area (Å²) in [6.45, 7) is 0. The number of halogens is 2. The van der Waals surface area contributed by atoms with Crippen LogP contribution in [0.4, 0.5) is 5.69 Å². The molecule has 1 aromatic heterocycles. The lowest BCUT2D eigenvalue weighted by Crippen LogP contribution is -2.23. The first kappa shape index (κ1) is 22.6. The van der Waals surface area contributed by atoms with Crippen molar-refractivity contribution >= 4 is 66.1 Å². The van der Waals surface area contributed by atoms with Crippen LogP contribution < -0.4 is 15.6 Å². The third-order valence-electron chi connectivity index (χ3n) is 4.59. The first-order valence-corrected chi connectivity index (χ1v) is 12.1. The lowest BCUT2D eigenvalue weighted by Gasteiger charge is -2.14. The molecule has 1 N–H and O–H groups in total. The van der Waals surface area contributed by atoms with Crippen molar-refractivity contribution in [2.45, 2.75) is 5.16 Å². The lowest BCUT2D eigenvalue weighted by molar-refractivity contribution is -0.113. The molecule has 0 spiro atoms. The molecule has 6 nitrogen and oxygen atoms in total. The number of fused-ring (bicyclic) bond motifs is 1. The molecular weight excluding hydrogens is 558 g/mol. The number of benzene rings is 3. The highest BCUT2D eigenvalue weighted by Crippen LogP contribution is 2.27. The van der Waals surface area contributed by atoms with Crippen LogP contribution in [0.3, 0.4) is 0 Å². The van der Waals surface area contributed by atoms with E-state index >= 15 is 0 Å². The second-order valence-corrected chi connectivity index (χ2v) is 9.43. The summed E-state index contributed by atoms with van der Waals surface area (Å²) in [5, 5.41) is 3.80. The predicted octanol–water partition coefficient (Wildman–Crippen LogP) is 5.65. The van der Waals surface area contributed by atoms with Gasteiger partial charge in [0.25, 0.3) is 5.56 Å². The monoisotopic (exact) mass is 573 g/mol. The number of nitrogens with one attached hydrogen (secondary N) is 1. The number of amides is 1. The van der Waals surface area contributed by atoms with Crippen LogP contribution >= 0.6 is 43.6 Å². The molecule has 0 bridgehead atoms. The van der Waals surface area contributed by atoms with E-state index in [0.29, 0.717) is 33.2 Å². The van der Waals surface area contributed by atoms with E-state index in [9.17, 15) is 9.59 Å². The Balaban J connectivity index is 1.68. The third kappa shape index (κ3) is 4.90. The van der Waals surface area contributed by atoms with Gasteiger partial charge in [-0.15, -0.1) is 0 Å². The number of nitrogens with zero attached hydrogens (tertiary/aromatic N) is 2. The van der Waals surface area contributed by atoms with Gasteiger partial charge in [0.1, 0.15) is 5.75 Å². The average Bonchev–Trinajstić information content (AvgIpc) is 2.79. The van der Waals surface area contributed by atoms with Crippen LogP contribution in [0, 0.1) is 0 Å². The standard InChI is InChI=1S/C23H17Br2N3O3S/c1-31-16-6-4-5-15(12-16)28-22(30)17-7-2-3-8-19(17)27-23(28)32-13-21(29)26-20-10-9-14(24)11-18(20)25/h2-12H,13H2,1H3,(H,26,29). The summed E-state index contributed by atoms with van der Waals surface area (Å²) in [7, 11) is 1.57. The predicted molar refractivity (Wildman–Crippen MR) is 135 cm³/mol. The average molecular weight is 575 g/mol. The maximum atomic E-state index is 13.3. The molecule has 0 fully saturated rings. The Hall–Kier alpha value is -2.62. The number of rotatable bonds is 6. The van der Waals surface area contributed by atoms with Gasteiger partial charge in [-0.1, -0.05) is 45.9 Å². The minimum atomic E-state index is -0.211. The van der Waals surface area contributed by atoms with E-state index in [-0.39, 0.29) is 17.2 Å². The lowest BCUT2D eigenvalue weighted by atomic mass is 10.2. The minimum absolute atomic E-state index is 0.0806. The van der Waals surface area contributed by atoms with Gasteiger partial charge in [0, 0.05) is 15.0 Å². The highest BCUT2D eigenvalue weighted by molar-refractivity contribution is 9.11. The number of anilines is 1. The molecule has 4 aromatic rings. The Kier molecular flexibility index (Phi) is 6.98. The van der Waals surface area contributed by atoms with Crippen molar-refractivity contribution in [2.75, 3.05) is 18.2 Å². The van der Waals surface area contributed by atoms with Crippen molar-refractivity contribution in [1.29, 1.82) is 0 Å². The van der Waals surface area contributed by atoms with Crippen LogP contribution in [0.1, 0.15) is 0 Å². The van der Waals surface area contributed by atoms with Crippen molar-refractivity contribution in [3.8, 4) is 11.4 Å². The van der Waals surface area contributed by atoms with Crippen molar-refractivity contribution in [2.24, 2.45) is 0 Å². The smallest absolute Gasteiger partial charge is 0.266 e. The molecule has 3 aromatic carbocycles. The summed E-state index contributed by atoms with van der Waals surface area (Å²) in [5.41, 5.74) is 1.65. The zero-order valence-electron chi connectivity index (χ0n) is 16.8. The van der Waals surface area contributed by atoms with E-state index in [1.54, 1.807) is 43.5 Å². The van der Waals surface area contributed by atoms with E-state index in [4.69, 9.17) is 4.74 Å². The normalized spacial score (nSPS) is 10.8. The molecule has 0 aliphatic rings. The molecule has 0 aliphatic heterocycles. The molecular formula is C23H17Br2N3O3S. The topological polar surface area (TPSA) is 73.2 Å². The van der Waals surface area contributed by atoms with Crippen LogP contribution in [-0.4, -0.2) is 28.3 Å². The van der Waals surface area contributed by atoms with Gasteiger partial charge in [0.15, 0.2) is 5.16 Å². The van der Waals surface area contributed by atoms with Gasteiger partial charge in [-0.05, 0) is 58.4 Å². The Morgan fingerprint density at radius 2 is 1.91 bits per heavy atom. The van der Waals surface area contributed by atoms with Crippen LogP contribution in [0.2, 0.25) is 0 Å². The van der Waals surface area contributed by atoms with E-state index in [2.05, 4.69) is 42.2 Å². The summed E-state index contributed by atoms with van der Waals surface area (Å²) in [4.78, 5) is 30.6. The molecule has 1 heterocycles. The van der Waals surface area contributed by atoms with Gasteiger partial charge < -0.3 is 10.1 Å². The SMILES string of the molecule is COc1cccc(-n2c(SCC(=O)Nc3ccc(Br)cc3Br)nc3ccccc3c2=O)c1. The molecule has 162 valence electrons. The quantitative estimate of drug-likeness (QED) is 0.238. The highest BCUT2D eigenvalue weighted by atomic mass is 79.9. The third-order valence-corrected chi connectivity index (χ3v) is 6.68. The largest absolute Gasteiger partial charge is 0.497 e. The minimum Gasteiger partial charge on any atom is -0.497 e. The number of aromatic nitrogens is 2. The molecule has 0 atom stereocenters. The zero-order valence-corrected chi connectivity index (χ0v) is 20.8. The highest BCUT2D eigenvalue weighted by Gasteiger charge is 2.16. The fraction of sp³-hybridized carbons (Fsp3) is 0.0870. The van der Waals surface area contributed by atoms with Gasteiger partial charge in [0.05, 0.1) is 35.1 Å². The second-order valence-electron chi connectivity index (χ2n) is 6.71. The van der Waals surface area contributed by atoms with E-state index in [1.807, 2.05) is 30.3 Å². The summed E-state index contributed by atoms with van der Waals surface area (Å²) in [6.07, 6.45) is 0. The summed E-state index contributed by atoms with van der Waals surface area (Å²) in [5.74, 6) is 0.492. The number of thioether (sulfide) groups is 1. The Morgan fingerprint density at radius 3 is 2.69 bits per heavy atom. The molecule has 32 heavy (non-hydrogen) atoms. The fourth-order valence-corrected chi connectivity index (χ4v) is 5.05. The maximum absolute atomic E-state index is 13.3. The van der Waals surface area contributed by atoms with Crippen molar-refractivity contribution in [3.05, 3.63) is 86.0 Å². The number of para-hydroxylation sites is 1. The maximum Gasteiger partial charge on any atom is 0.266 e. The summed E-state index contributed by atoms with van der Waals surface area (Å²) in [6, 6.07) is 19.9. The molecule has 0 saturated heterocycles. The van der Waals surface area contributed by atoms with Crippen LogP contribution in [0.5, 0.6) is 5.75 Å². The summed E-state index contributed by atoms with van der Waals surface area (Å²) < 4.78 is 8.49. The van der Waals surface area contributed by atoms with Gasteiger partial charge in [-0.3, -0.25) is 14.2 Å². The molecule has 0 saturated carbocycles. The molecule has 0 radical (unpaired) electrons. The van der Waals surface area contributed by atoms with Gasteiger partial charge in [0.2, 0.25) is 5.91 Å². The number of ether oxygens (including phenoxy) is 1. The van der Waals surface area contributed by atoms with E-state index in [0.717, 1.165) is 8.95 Å². The van der Waals surface area contributed by atoms with Gasteiger partial charge in [-0.25, -0.2) is 4.98 Å². The number of carbonyl (C=O) groups is 1. The van der Waals surface area contributed by atoms with Crippen LogP contribution in [-0.2, 0) is 4.79 Å². The molecule has 0 aliphatic carbocycles. The molecule has 1 amide bonds. The Labute approximate surface area is 205 Å². The second kappa shape index (κ2) is 9.89. The van der Waals surface area contributed by atoms with Gasteiger partial charge in [-0.2, -0.15) is 0 Å². The molecule has 4 rings (SSSR count). The van der Waals surface area contributed by atoms with Crippen LogP contribution in [0.25, 0.3) is 16.6 Å². The number of hydrogen-bond acceptors (Lipinski definition) is 5. The first-order chi connectivity index (χ1) is 15.5. The number of hydrogen-bond donors (Lipinski definition) is 1. The van der Waals surface area contributed by atoms with E-state index < -0.39 is 0 Å². The van der Waals surface area contributed by atoms with Gasteiger partial charge >= 0.3 is 0 Å². The van der Waals surface area contributed by atoms with Crippen molar-refractivity contribution in [1.82, 2.24) is 9.55 Å². The van der Waals surface area contributed by atoms with Crippen LogP contribution in [0.15, 0.2) is 85.6 Å². The number of methoxy groups -OCH3 is 1. The number of carbonyl (C=O) groups excluding carboxylic acids is 1. The molecule has 9 heteroatoms. The fourth-order valence-electron chi connectivity index (χ4n) is 3.09. The Bertz CT molecular complexity index is 1370. The Morgan fingerprint density at radius 1 is 1.09 bits per heavy atom. The first-order valence-electron chi connectivity index (χ1n) is 9.50. The van der Waals surface area contributed by atoms with Crippen molar-refractivity contribution in [3.63, 3.8) is 0 Å². The summed E-state index contributed by atoms with van der Waals surface area (Å²) >= 11 is 8.03. The van der Waals surface area contributed by atoms with E-state index in [1.165, 1.54) is 16.3 Å².